The molecule has 0 saturated carbocycles. The fourth-order valence-corrected chi connectivity index (χ4v) is 3.29. The minimum atomic E-state index is -1.65. The topological polar surface area (TPSA) is 39.9 Å². The third kappa shape index (κ3) is 3.65. The second kappa shape index (κ2) is 6.06. The molecule has 0 N–H and O–H groups in total. The van der Waals surface area contributed by atoms with Gasteiger partial charge in [-0.15, -0.1) is 0 Å². The minimum absolute atomic E-state index is 0.254. The van der Waals surface area contributed by atoms with Crippen molar-refractivity contribution in [1.82, 2.24) is 14.5 Å². The molecule has 0 atom stereocenters. The van der Waals surface area contributed by atoms with Crippen molar-refractivity contribution in [3.05, 3.63) is 23.7 Å². The van der Waals surface area contributed by atoms with E-state index in [2.05, 4.69) is 48.4 Å². The van der Waals surface area contributed by atoms with E-state index in [0.717, 1.165) is 30.6 Å². The molecule has 2 aromatic heterocycles. The van der Waals surface area contributed by atoms with Crippen LogP contribution in [0.2, 0.25) is 23.3 Å². The molecule has 2 aromatic rings. The summed E-state index contributed by atoms with van der Waals surface area (Å²) in [6.45, 7) is 13.0. The van der Waals surface area contributed by atoms with Gasteiger partial charge in [-0.05, 0) is 30.6 Å². The summed E-state index contributed by atoms with van der Waals surface area (Å²) in [6.07, 6.45) is 4.47. The van der Waals surface area contributed by atoms with Gasteiger partial charge < -0.3 is 8.99 Å². The van der Waals surface area contributed by atoms with Gasteiger partial charge in [0.05, 0.1) is 5.52 Å². The van der Waals surface area contributed by atoms with Gasteiger partial charge in [0.15, 0.2) is 13.5 Å². The van der Waals surface area contributed by atoms with Gasteiger partial charge in [-0.25, -0.2) is 9.97 Å². The van der Waals surface area contributed by atoms with Crippen LogP contribution >= 0.6 is 11.6 Å². The Balaban J connectivity index is 1.95. The van der Waals surface area contributed by atoms with Crippen LogP contribution in [0.15, 0.2) is 18.6 Å². The van der Waals surface area contributed by atoms with Gasteiger partial charge in [-0.2, -0.15) is 0 Å². The lowest BCUT2D eigenvalue weighted by Crippen LogP contribution is -2.41. The van der Waals surface area contributed by atoms with Crippen LogP contribution in [-0.4, -0.2) is 29.5 Å². The number of hydrogen-bond donors (Lipinski definition) is 0. The molecule has 0 aliphatic carbocycles. The van der Waals surface area contributed by atoms with E-state index in [1.165, 1.54) is 6.33 Å². The first-order valence-electron chi connectivity index (χ1n) is 7.32. The molecule has 21 heavy (non-hydrogen) atoms. The van der Waals surface area contributed by atoms with Crippen LogP contribution in [0, 0.1) is 0 Å². The molecule has 2 heterocycles. The van der Waals surface area contributed by atoms with Gasteiger partial charge in [0, 0.05) is 19.3 Å². The maximum absolute atomic E-state index is 6.20. The molecule has 0 radical (unpaired) electrons. The van der Waals surface area contributed by atoms with Crippen molar-refractivity contribution < 1.29 is 4.43 Å². The van der Waals surface area contributed by atoms with Gasteiger partial charge in [-0.3, -0.25) is 0 Å². The van der Waals surface area contributed by atoms with Gasteiger partial charge in [-0.1, -0.05) is 32.4 Å². The first-order valence-corrected chi connectivity index (χ1v) is 10.6. The highest BCUT2D eigenvalue weighted by molar-refractivity contribution is 6.74. The van der Waals surface area contributed by atoms with Crippen LogP contribution in [0.25, 0.3) is 11.0 Å². The van der Waals surface area contributed by atoms with Crippen LogP contribution in [0.1, 0.15) is 27.2 Å². The number of hydrogen-bond acceptors (Lipinski definition) is 3. The Morgan fingerprint density at radius 2 is 2.00 bits per heavy atom. The zero-order chi connectivity index (χ0) is 15.7. The lowest BCUT2D eigenvalue weighted by Gasteiger charge is -2.36. The van der Waals surface area contributed by atoms with Gasteiger partial charge in [0.25, 0.3) is 0 Å². The van der Waals surface area contributed by atoms with Gasteiger partial charge in [0.2, 0.25) is 0 Å². The highest BCUT2D eigenvalue weighted by Gasteiger charge is 2.36. The minimum Gasteiger partial charge on any atom is -0.417 e. The second-order valence-corrected chi connectivity index (χ2v) is 12.0. The summed E-state index contributed by atoms with van der Waals surface area (Å²) in [5.74, 6) is 0. The van der Waals surface area contributed by atoms with Crippen molar-refractivity contribution in [1.29, 1.82) is 0 Å². The molecule has 6 heteroatoms. The smallest absolute Gasteiger partial charge is 0.191 e. The molecule has 0 spiro atoms. The molecular formula is C15H24ClN3OSi. The monoisotopic (exact) mass is 325 g/mol. The molecular weight excluding hydrogens is 302 g/mol. The fourth-order valence-electron chi connectivity index (χ4n) is 1.96. The molecule has 2 rings (SSSR count). The van der Waals surface area contributed by atoms with Crippen LogP contribution in [0.5, 0.6) is 0 Å². The number of halogens is 1. The van der Waals surface area contributed by atoms with Crippen molar-refractivity contribution in [3.8, 4) is 0 Å². The first-order chi connectivity index (χ1) is 9.72. The summed E-state index contributed by atoms with van der Waals surface area (Å²) in [4.78, 5) is 8.27. The number of aryl methyl sites for hydroxylation is 1. The Labute approximate surface area is 132 Å². The standard InChI is InChI=1S/C15H24ClN3OSi/c1-15(2,3)21(4,5)20-10-6-8-19-9-7-12-13(19)14(16)18-11-17-12/h7,9,11H,6,8,10H2,1-5H3. The molecule has 0 aromatic carbocycles. The Morgan fingerprint density at radius 1 is 1.29 bits per heavy atom. The average molecular weight is 326 g/mol. The molecule has 0 unspecified atom stereocenters. The summed E-state index contributed by atoms with van der Waals surface area (Å²) < 4.78 is 8.30. The van der Waals surface area contributed by atoms with Crippen LogP contribution in [-0.2, 0) is 11.0 Å². The maximum Gasteiger partial charge on any atom is 0.191 e. The predicted molar refractivity (Wildman–Crippen MR) is 90.3 cm³/mol. The SMILES string of the molecule is CC(C)(C)[Si](C)(C)OCCCn1ccc2ncnc(Cl)c21. The Morgan fingerprint density at radius 3 is 2.67 bits per heavy atom. The zero-order valence-corrected chi connectivity index (χ0v) is 15.2. The lowest BCUT2D eigenvalue weighted by molar-refractivity contribution is 0.276. The largest absolute Gasteiger partial charge is 0.417 e. The van der Waals surface area contributed by atoms with E-state index in [9.17, 15) is 0 Å². The van der Waals surface area contributed by atoms with Crippen LogP contribution < -0.4 is 0 Å². The zero-order valence-electron chi connectivity index (χ0n) is 13.5. The normalized spacial score (nSPS) is 13.0. The highest BCUT2D eigenvalue weighted by Crippen LogP contribution is 2.36. The molecule has 0 aliphatic heterocycles. The molecule has 0 saturated heterocycles. The van der Waals surface area contributed by atoms with Crippen molar-refractivity contribution in [2.75, 3.05) is 6.61 Å². The lowest BCUT2D eigenvalue weighted by atomic mass is 10.2. The predicted octanol–water partition coefficient (Wildman–Crippen LogP) is 4.50. The number of fused-ring (bicyclic) bond motifs is 1. The summed E-state index contributed by atoms with van der Waals surface area (Å²) in [6, 6.07) is 1.97. The van der Waals surface area contributed by atoms with Crippen molar-refractivity contribution >= 4 is 31.0 Å². The third-order valence-electron chi connectivity index (χ3n) is 4.32. The molecule has 0 amide bonds. The Kier molecular flexibility index (Phi) is 4.75. The molecule has 0 fully saturated rings. The van der Waals surface area contributed by atoms with E-state index >= 15 is 0 Å². The summed E-state index contributed by atoms with van der Waals surface area (Å²) in [5, 5.41) is 0.764. The number of aromatic nitrogens is 3. The van der Waals surface area contributed by atoms with Crippen molar-refractivity contribution in [2.45, 2.75) is 51.9 Å². The van der Waals surface area contributed by atoms with Crippen molar-refractivity contribution in [2.24, 2.45) is 0 Å². The average Bonchev–Trinajstić information content (AvgIpc) is 2.78. The van der Waals surface area contributed by atoms with E-state index in [1.807, 2.05) is 12.3 Å². The summed E-state index contributed by atoms with van der Waals surface area (Å²) in [7, 11) is -1.65. The summed E-state index contributed by atoms with van der Waals surface area (Å²) in [5.41, 5.74) is 1.80. The molecule has 0 bridgehead atoms. The quantitative estimate of drug-likeness (QED) is 0.461. The second-order valence-electron chi connectivity index (χ2n) is 6.87. The van der Waals surface area contributed by atoms with Gasteiger partial charge in [0.1, 0.15) is 11.8 Å². The summed E-state index contributed by atoms with van der Waals surface area (Å²) >= 11 is 6.15. The van der Waals surface area contributed by atoms with E-state index in [1.54, 1.807) is 0 Å². The van der Waals surface area contributed by atoms with Crippen molar-refractivity contribution in [3.63, 3.8) is 0 Å². The van der Waals surface area contributed by atoms with E-state index < -0.39 is 8.32 Å². The molecule has 116 valence electrons. The first kappa shape index (κ1) is 16.5. The van der Waals surface area contributed by atoms with E-state index in [-0.39, 0.29) is 5.04 Å². The van der Waals surface area contributed by atoms with Crippen LogP contribution in [0.3, 0.4) is 0 Å². The Bertz CT molecular complexity index is 619. The van der Waals surface area contributed by atoms with E-state index in [0.29, 0.717) is 5.15 Å². The third-order valence-corrected chi connectivity index (χ3v) is 9.13. The van der Waals surface area contributed by atoms with Crippen LogP contribution in [0.4, 0.5) is 0 Å². The Hall–Kier alpha value is -0.913. The number of rotatable bonds is 5. The van der Waals surface area contributed by atoms with Gasteiger partial charge >= 0.3 is 0 Å². The molecule has 4 nitrogen and oxygen atoms in total. The molecule has 0 aliphatic rings. The highest BCUT2D eigenvalue weighted by atomic mass is 35.5. The van der Waals surface area contributed by atoms with E-state index in [4.69, 9.17) is 16.0 Å². The maximum atomic E-state index is 6.20. The fraction of sp³-hybridized carbons (Fsp3) is 0.600. The number of nitrogens with zero attached hydrogens (tertiary/aromatic N) is 3.